The van der Waals surface area contributed by atoms with Gasteiger partial charge in [0.2, 0.25) is 0 Å². The lowest BCUT2D eigenvalue weighted by molar-refractivity contribution is -0.0866. The molecule has 1 heterocycles. The molecule has 3 rings (SSSR count). The van der Waals surface area contributed by atoms with Crippen LogP contribution in [0.2, 0.25) is 0 Å². The van der Waals surface area contributed by atoms with Crippen LogP contribution in [0, 0.1) is 0 Å². The average Bonchev–Trinajstić information content (AvgIpc) is 2.66. The van der Waals surface area contributed by atoms with Crippen molar-refractivity contribution in [1.29, 1.82) is 0 Å². The number of hydrogen-bond donors (Lipinski definition) is 0. The van der Waals surface area contributed by atoms with Crippen molar-refractivity contribution in [3.8, 4) is 0 Å². The van der Waals surface area contributed by atoms with Crippen LogP contribution in [0.5, 0.6) is 0 Å². The summed E-state index contributed by atoms with van der Waals surface area (Å²) in [7, 11) is 0. The van der Waals surface area contributed by atoms with Gasteiger partial charge in [-0.05, 0) is 11.1 Å². The zero-order valence-electron chi connectivity index (χ0n) is 13.9. The summed E-state index contributed by atoms with van der Waals surface area (Å²) < 4.78 is 12.2. The molecule has 1 aliphatic heterocycles. The van der Waals surface area contributed by atoms with Crippen molar-refractivity contribution in [2.45, 2.75) is 37.8 Å². The molecule has 0 radical (unpaired) electrons. The molecule has 2 aromatic carbocycles. The third-order valence-electron chi connectivity index (χ3n) is 4.23. The van der Waals surface area contributed by atoms with E-state index in [9.17, 15) is 0 Å². The maximum Gasteiger partial charge on any atom is 0.0791 e. The first kappa shape index (κ1) is 16.7. The van der Waals surface area contributed by atoms with Gasteiger partial charge in [0.25, 0.3) is 0 Å². The topological polar surface area (TPSA) is 18.5 Å². The highest BCUT2D eigenvalue weighted by atomic mass is 16.5. The van der Waals surface area contributed by atoms with Crippen molar-refractivity contribution < 1.29 is 9.47 Å². The second kappa shape index (κ2) is 8.62. The highest BCUT2D eigenvalue weighted by molar-refractivity contribution is 5.49. The Morgan fingerprint density at radius 2 is 1.62 bits per heavy atom. The molecule has 0 bridgehead atoms. The van der Waals surface area contributed by atoms with E-state index >= 15 is 0 Å². The molecule has 1 aliphatic rings. The lowest BCUT2D eigenvalue weighted by Crippen LogP contribution is -2.35. The Kier molecular flexibility index (Phi) is 6.00. The summed E-state index contributed by atoms with van der Waals surface area (Å²) in [4.78, 5) is 0. The van der Waals surface area contributed by atoms with Crippen LogP contribution in [0.25, 0.3) is 6.08 Å². The summed E-state index contributed by atoms with van der Waals surface area (Å²) in [6.07, 6.45) is 8.15. The minimum atomic E-state index is 0.0462. The number of benzene rings is 2. The highest BCUT2D eigenvalue weighted by Crippen LogP contribution is 2.25. The van der Waals surface area contributed by atoms with Crippen molar-refractivity contribution in [3.05, 3.63) is 90.5 Å². The van der Waals surface area contributed by atoms with Crippen LogP contribution in [0.15, 0.2) is 79.4 Å². The molecule has 0 unspecified atom stereocenters. The van der Waals surface area contributed by atoms with Gasteiger partial charge in [-0.1, -0.05) is 78.9 Å². The molecule has 0 N–H and O–H groups in total. The fourth-order valence-electron chi connectivity index (χ4n) is 2.93. The van der Waals surface area contributed by atoms with E-state index in [0.29, 0.717) is 6.61 Å². The lowest BCUT2D eigenvalue weighted by Gasteiger charge is -2.32. The Labute approximate surface area is 144 Å². The minimum absolute atomic E-state index is 0.0462. The summed E-state index contributed by atoms with van der Waals surface area (Å²) in [5.74, 6) is 0. The van der Waals surface area contributed by atoms with Gasteiger partial charge >= 0.3 is 0 Å². The monoisotopic (exact) mass is 320 g/mol. The molecule has 1 fully saturated rings. The molecule has 2 nitrogen and oxygen atoms in total. The van der Waals surface area contributed by atoms with Crippen LogP contribution in [0.4, 0.5) is 0 Å². The molecule has 1 saturated heterocycles. The van der Waals surface area contributed by atoms with Crippen LogP contribution in [-0.4, -0.2) is 18.3 Å². The SMILES string of the molecule is C=C[C@H]1C[C@H](OCc2ccccc2)C[C@@H](/C=C\c2ccccc2)O1. The third kappa shape index (κ3) is 4.92. The molecule has 124 valence electrons. The molecule has 2 heteroatoms. The Balaban J connectivity index is 1.59. The largest absolute Gasteiger partial charge is 0.373 e. The first-order chi connectivity index (χ1) is 11.8. The maximum atomic E-state index is 6.12. The molecule has 24 heavy (non-hydrogen) atoms. The number of ether oxygens (including phenoxy) is 2. The predicted molar refractivity (Wildman–Crippen MR) is 98.6 cm³/mol. The number of hydrogen-bond acceptors (Lipinski definition) is 2. The van der Waals surface area contributed by atoms with E-state index in [-0.39, 0.29) is 18.3 Å². The van der Waals surface area contributed by atoms with Crippen molar-refractivity contribution in [2.24, 2.45) is 0 Å². The smallest absolute Gasteiger partial charge is 0.0791 e. The molecular formula is C22H24O2. The van der Waals surface area contributed by atoms with E-state index in [1.54, 1.807) is 0 Å². The van der Waals surface area contributed by atoms with Gasteiger partial charge in [-0.25, -0.2) is 0 Å². The third-order valence-corrected chi connectivity index (χ3v) is 4.23. The van der Waals surface area contributed by atoms with Gasteiger partial charge in [0.15, 0.2) is 0 Å². The van der Waals surface area contributed by atoms with E-state index in [0.717, 1.165) is 12.8 Å². The van der Waals surface area contributed by atoms with E-state index in [2.05, 4.69) is 43.0 Å². The Bertz CT molecular complexity index is 648. The first-order valence-corrected chi connectivity index (χ1v) is 8.50. The van der Waals surface area contributed by atoms with E-state index in [1.165, 1.54) is 11.1 Å². The average molecular weight is 320 g/mol. The van der Waals surface area contributed by atoms with Crippen LogP contribution >= 0.6 is 0 Å². The molecule has 3 atom stereocenters. The molecule has 0 aromatic heterocycles. The van der Waals surface area contributed by atoms with Gasteiger partial charge in [-0.3, -0.25) is 0 Å². The van der Waals surface area contributed by atoms with Crippen molar-refractivity contribution >= 4 is 6.08 Å². The van der Waals surface area contributed by atoms with Crippen LogP contribution in [-0.2, 0) is 16.1 Å². The Morgan fingerprint density at radius 3 is 2.33 bits per heavy atom. The summed E-state index contributed by atoms with van der Waals surface area (Å²) in [5, 5.41) is 0. The summed E-state index contributed by atoms with van der Waals surface area (Å²) >= 11 is 0. The van der Waals surface area contributed by atoms with Crippen molar-refractivity contribution in [2.75, 3.05) is 0 Å². The van der Waals surface area contributed by atoms with Crippen molar-refractivity contribution in [3.63, 3.8) is 0 Å². The van der Waals surface area contributed by atoms with E-state index in [4.69, 9.17) is 9.47 Å². The fraction of sp³-hybridized carbons (Fsp3) is 0.273. The molecule has 0 amide bonds. The normalized spacial score (nSPS) is 24.1. The standard InChI is InChI=1S/C22H24O2/c1-2-20-15-22(23-17-19-11-7-4-8-12-19)16-21(24-20)14-13-18-9-5-3-6-10-18/h2-14,20-22H,1,15-17H2/b14-13-/t20-,21+,22-/m0/s1. The zero-order valence-corrected chi connectivity index (χ0v) is 13.9. The molecule has 0 aliphatic carbocycles. The maximum absolute atomic E-state index is 6.12. The van der Waals surface area contributed by atoms with Gasteiger partial charge in [0.05, 0.1) is 24.9 Å². The van der Waals surface area contributed by atoms with E-state index < -0.39 is 0 Å². The number of rotatable bonds is 6. The first-order valence-electron chi connectivity index (χ1n) is 8.50. The fourth-order valence-corrected chi connectivity index (χ4v) is 2.93. The highest BCUT2D eigenvalue weighted by Gasteiger charge is 2.27. The zero-order chi connectivity index (χ0) is 16.6. The molecule has 0 spiro atoms. The molecular weight excluding hydrogens is 296 g/mol. The summed E-state index contributed by atoms with van der Waals surface area (Å²) in [6, 6.07) is 20.6. The second-order valence-electron chi connectivity index (χ2n) is 6.11. The van der Waals surface area contributed by atoms with Gasteiger partial charge in [0, 0.05) is 12.8 Å². The quantitative estimate of drug-likeness (QED) is 0.696. The Hall–Kier alpha value is -2.16. The lowest BCUT2D eigenvalue weighted by atomic mass is 9.99. The predicted octanol–water partition coefficient (Wildman–Crippen LogP) is 5.02. The van der Waals surface area contributed by atoms with Gasteiger partial charge < -0.3 is 9.47 Å². The van der Waals surface area contributed by atoms with E-state index in [1.807, 2.05) is 42.5 Å². The van der Waals surface area contributed by atoms with Crippen molar-refractivity contribution in [1.82, 2.24) is 0 Å². The molecule has 2 aromatic rings. The molecule has 0 saturated carbocycles. The van der Waals surface area contributed by atoms with Crippen LogP contribution < -0.4 is 0 Å². The summed E-state index contributed by atoms with van der Waals surface area (Å²) in [6.45, 7) is 4.53. The second-order valence-corrected chi connectivity index (χ2v) is 6.11. The van der Waals surface area contributed by atoms with Gasteiger partial charge in [-0.2, -0.15) is 0 Å². The van der Waals surface area contributed by atoms with Gasteiger partial charge in [-0.15, -0.1) is 6.58 Å². The summed E-state index contributed by atoms with van der Waals surface area (Å²) in [5.41, 5.74) is 2.39. The van der Waals surface area contributed by atoms with Crippen LogP contribution in [0.3, 0.4) is 0 Å². The minimum Gasteiger partial charge on any atom is -0.373 e. The van der Waals surface area contributed by atoms with Gasteiger partial charge in [0.1, 0.15) is 0 Å². The van der Waals surface area contributed by atoms with Crippen LogP contribution in [0.1, 0.15) is 24.0 Å². The Morgan fingerprint density at radius 1 is 0.958 bits per heavy atom.